The van der Waals surface area contributed by atoms with Crippen LogP contribution >= 0.6 is 11.3 Å². The van der Waals surface area contributed by atoms with E-state index in [0.717, 1.165) is 52.3 Å². The van der Waals surface area contributed by atoms with Crippen LogP contribution in [0.1, 0.15) is 33.6 Å². The number of rotatable bonds is 3. The van der Waals surface area contributed by atoms with Crippen LogP contribution in [0, 0.1) is 11.8 Å². The maximum Gasteiger partial charge on any atom is 0.251 e. The van der Waals surface area contributed by atoms with Crippen LogP contribution in [0.4, 0.5) is 5.82 Å². The minimum absolute atomic E-state index is 0.318. The van der Waals surface area contributed by atoms with Gasteiger partial charge < -0.3 is 16.4 Å². The fourth-order valence-electron chi connectivity index (χ4n) is 3.12. The third-order valence-corrected chi connectivity index (χ3v) is 5.53. The van der Waals surface area contributed by atoms with Crippen molar-refractivity contribution in [3.63, 3.8) is 0 Å². The van der Waals surface area contributed by atoms with Gasteiger partial charge in [0.15, 0.2) is 0 Å². The largest absolute Gasteiger partial charge is 0.366 e. The van der Waals surface area contributed by atoms with Crippen molar-refractivity contribution in [1.29, 1.82) is 0 Å². The molecule has 1 atom stereocenters. The van der Waals surface area contributed by atoms with Gasteiger partial charge in [-0.25, -0.2) is 4.98 Å². The van der Waals surface area contributed by atoms with Crippen molar-refractivity contribution < 1.29 is 4.79 Å². The molecule has 3 aromatic rings. The average molecular weight is 377 g/mol. The van der Waals surface area contributed by atoms with Gasteiger partial charge in [-0.15, -0.1) is 11.3 Å². The van der Waals surface area contributed by atoms with Crippen LogP contribution in [-0.2, 0) is 0 Å². The molecule has 0 bridgehead atoms. The molecule has 3 aromatic heterocycles. The Morgan fingerprint density at radius 2 is 2.30 bits per heavy atom. The van der Waals surface area contributed by atoms with Gasteiger partial charge in [0.1, 0.15) is 5.82 Å². The molecular weight excluding hydrogens is 358 g/mol. The van der Waals surface area contributed by atoms with Crippen LogP contribution in [0.25, 0.3) is 10.1 Å². The molecule has 0 saturated carbocycles. The maximum atomic E-state index is 11.8. The van der Waals surface area contributed by atoms with Gasteiger partial charge in [0.25, 0.3) is 5.91 Å². The van der Waals surface area contributed by atoms with Gasteiger partial charge in [-0.05, 0) is 37.6 Å². The molecule has 7 heteroatoms. The van der Waals surface area contributed by atoms with Crippen LogP contribution in [-0.4, -0.2) is 35.0 Å². The monoisotopic (exact) mass is 377 g/mol. The maximum absolute atomic E-state index is 11.8. The Morgan fingerprint density at radius 1 is 1.37 bits per heavy atom. The molecule has 1 saturated heterocycles. The number of nitrogens with one attached hydrogen (secondary N) is 2. The predicted molar refractivity (Wildman–Crippen MR) is 108 cm³/mol. The van der Waals surface area contributed by atoms with Crippen LogP contribution in [0.2, 0.25) is 0 Å². The second kappa shape index (κ2) is 7.74. The van der Waals surface area contributed by atoms with E-state index >= 15 is 0 Å². The molecule has 6 nitrogen and oxygen atoms in total. The van der Waals surface area contributed by atoms with Crippen LogP contribution < -0.4 is 16.4 Å². The number of amides is 1. The number of carbonyl (C=O) groups excluding carboxylic acids is 1. The van der Waals surface area contributed by atoms with Gasteiger partial charge in [0.2, 0.25) is 0 Å². The standard InChI is InChI=1S/C20H19N5OS/c21-19(26)17-12-24-20(25-14-4-2-8-23-11-14)16-9-15(27-18(16)17)6-5-13-3-1-7-22-10-13/h1,3,7,9-10,12,14,23H,2,4,8,11H2,(H2,21,26)(H,24,25)/t14-/m0/s1. The quantitative estimate of drug-likeness (QED) is 0.609. The van der Waals surface area contributed by atoms with Crippen molar-refractivity contribution in [3.8, 4) is 11.8 Å². The molecule has 4 heterocycles. The average Bonchev–Trinajstić information content (AvgIpc) is 3.12. The lowest BCUT2D eigenvalue weighted by atomic mass is 10.1. The molecule has 1 aliphatic rings. The Labute approximate surface area is 161 Å². The number of nitrogens with zero attached hydrogens (tertiary/aromatic N) is 2. The molecule has 0 aliphatic carbocycles. The Hall–Kier alpha value is -2.95. The highest BCUT2D eigenvalue weighted by molar-refractivity contribution is 7.20. The topological polar surface area (TPSA) is 92.9 Å². The minimum atomic E-state index is -0.480. The summed E-state index contributed by atoms with van der Waals surface area (Å²) in [6, 6.07) is 6.05. The van der Waals surface area contributed by atoms with Gasteiger partial charge in [-0.3, -0.25) is 9.78 Å². The summed E-state index contributed by atoms with van der Waals surface area (Å²) in [6.07, 6.45) is 7.21. The van der Waals surface area contributed by atoms with E-state index in [-0.39, 0.29) is 0 Å². The summed E-state index contributed by atoms with van der Waals surface area (Å²) in [5, 5.41) is 7.77. The molecule has 4 N–H and O–H groups in total. The SMILES string of the molecule is NC(=O)c1cnc(N[C@H]2CCCNC2)c2cc(C#Cc3cccnc3)sc12. The Kier molecular flexibility index (Phi) is 5.01. The summed E-state index contributed by atoms with van der Waals surface area (Å²) in [7, 11) is 0. The first-order valence-electron chi connectivity index (χ1n) is 8.82. The number of aromatic nitrogens is 2. The van der Waals surface area contributed by atoms with E-state index in [2.05, 4.69) is 32.4 Å². The molecule has 1 aliphatic heterocycles. The number of hydrogen-bond donors (Lipinski definition) is 3. The molecule has 0 radical (unpaired) electrons. The highest BCUT2D eigenvalue weighted by Gasteiger charge is 2.18. The van der Waals surface area contributed by atoms with Gasteiger partial charge in [0.05, 0.1) is 15.1 Å². The molecule has 27 heavy (non-hydrogen) atoms. The molecule has 0 spiro atoms. The molecule has 1 amide bonds. The van der Waals surface area contributed by atoms with Crippen molar-refractivity contribution >= 4 is 33.1 Å². The highest BCUT2D eigenvalue weighted by Crippen LogP contribution is 2.33. The first kappa shape index (κ1) is 17.5. The summed E-state index contributed by atoms with van der Waals surface area (Å²) >= 11 is 1.46. The number of pyridine rings is 2. The zero-order valence-corrected chi connectivity index (χ0v) is 15.5. The smallest absolute Gasteiger partial charge is 0.251 e. The second-order valence-corrected chi connectivity index (χ2v) is 7.47. The Morgan fingerprint density at radius 3 is 3.04 bits per heavy atom. The van der Waals surface area contributed by atoms with E-state index in [0.29, 0.717) is 11.6 Å². The minimum Gasteiger partial charge on any atom is -0.366 e. The fourth-order valence-corrected chi connectivity index (χ4v) is 4.14. The first-order valence-corrected chi connectivity index (χ1v) is 9.64. The Bertz CT molecular complexity index is 1030. The summed E-state index contributed by atoms with van der Waals surface area (Å²) in [5.41, 5.74) is 6.81. The zero-order valence-electron chi connectivity index (χ0n) is 14.7. The van der Waals surface area contributed by atoms with Crippen molar-refractivity contribution in [3.05, 3.63) is 52.8 Å². The van der Waals surface area contributed by atoms with Crippen LogP contribution in [0.5, 0.6) is 0 Å². The van der Waals surface area contributed by atoms with Crippen molar-refractivity contribution in [1.82, 2.24) is 15.3 Å². The number of anilines is 1. The fraction of sp³-hybridized carbons (Fsp3) is 0.250. The van der Waals surface area contributed by atoms with E-state index in [1.54, 1.807) is 18.6 Å². The third-order valence-electron chi connectivity index (χ3n) is 4.45. The summed E-state index contributed by atoms with van der Waals surface area (Å²) in [4.78, 5) is 21.2. The van der Waals surface area contributed by atoms with Gasteiger partial charge in [0, 0.05) is 42.1 Å². The molecule has 136 valence electrons. The van der Waals surface area contributed by atoms with E-state index in [1.165, 1.54) is 11.3 Å². The number of nitrogens with two attached hydrogens (primary N) is 1. The summed E-state index contributed by atoms with van der Waals surface area (Å²) < 4.78 is 0.819. The van der Waals surface area contributed by atoms with E-state index in [9.17, 15) is 4.79 Å². The number of carbonyl (C=O) groups is 1. The van der Waals surface area contributed by atoms with Gasteiger partial charge >= 0.3 is 0 Å². The van der Waals surface area contributed by atoms with Crippen molar-refractivity contribution in [2.45, 2.75) is 18.9 Å². The molecule has 4 rings (SSSR count). The lowest BCUT2D eigenvalue weighted by Crippen LogP contribution is -2.38. The lowest BCUT2D eigenvalue weighted by molar-refractivity contribution is 0.100. The second-order valence-electron chi connectivity index (χ2n) is 6.42. The van der Waals surface area contributed by atoms with Gasteiger partial charge in [-0.2, -0.15) is 0 Å². The normalized spacial score (nSPS) is 16.5. The third kappa shape index (κ3) is 3.92. The Balaban J connectivity index is 1.72. The summed E-state index contributed by atoms with van der Waals surface area (Å²) in [5.74, 6) is 6.55. The van der Waals surface area contributed by atoms with Gasteiger partial charge in [-0.1, -0.05) is 11.8 Å². The van der Waals surface area contributed by atoms with Crippen LogP contribution in [0.15, 0.2) is 36.8 Å². The van der Waals surface area contributed by atoms with E-state index < -0.39 is 5.91 Å². The first-order chi connectivity index (χ1) is 13.2. The number of hydrogen-bond acceptors (Lipinski definition) is 6. The molecular formula is C20H19N5OS. The number of primary amides is 1. The zero-order chi connectivity index (χ0) is 18.6. The van der Waals surface area contributed by atoms with Crippen molar-refractivity contribution in [2.75, 3.05) is 18.4 Å². The van der Waals surface area contributed by atoms with E-state index in [1.807, 2.05) is 18.2 Å². The molecule has 0 aromatic carbocycles. The number of thiophene rings is 1. The summed E-state index contributed by atoms with van der Waals surface area (Å²) in [6.45, 7) is 1.95. The van der Waals surface area contributed by atoms with Crippen molar-refractivity contribution in [2.24, 2.45) is 5.73 Å². The van der Waals surface area contributed by atoms with E-state index in [4.69, 9.17) is 5.73 Å². The number of fused-ring (bicyclic) bond motifs is 1. The highest BCUT2D eigenvalue weighted by atomic mass is 32.1. The lowest BCUT2D eigenvalue weighted by Gasteiger charge is -2.24. The molecule has 0 unspecified atom stereocenters. The van der Waals surface area contributed by atoms with Crippen LogP contribution in [0.3, 0.4) is 0 Å². The molecule has 1 fully saturated rings. The predicted octanol–water partition coefficient (Wildman–Crippen LogP) is 2.35. The number of piperidine rings is 1.